The number of allylic oxidation sites excluding steroid dienone is 1. The van der Waals surface area contributed by atoms with Crippen LogP contribution in [0.4, 0.5) is 0 Å². The minimum atomic E-state index is 0.681. The van der Waals surface area contributed by atoms with Gasteiger partial charge in [-0.25, -0.2) is 0 Å². The quantitative estimate of drug-likeness (QED) is 0.496. The van der Waals surface area contributed by atoms with Crippen molar-refractivity contribution in [3.63, 3.8) is 0 Å². The largest absolute Gasteiger partial charge is 0.501 e. The normalized spacial score (nSPS) is 19.6. The van der Waals surface area contributed by atoms with Gasteiger partial charge in [-0.3, -0.25) is 0 Å². The van der Waals surface area contributed by atoms with Gasteiger partial charge in [0, 0.05) is 5.92 Å². The number of rotatable bonds is 2. The van der Waals surface area contributed by atoms with E-state index in [1.165, 1.54) is 19.3 Å². The molecule has 1 aliphatic carbocycles. The number of hydrogen-bond acceptors (Lipinski definition) is 1. The zero-order valence-corrected chi connectivity index (χ0v) is 5.31. The molecule has 0 aromatic carbocycles. The first kappa shape index (κ1) is 5.67. The third-order valence-corrected chi connectivity index (χ3v) is 1.82. The fourth-order valence-electron chi connectivity index (χ4n) is 0.897. The molecule has 0 bridgehead atoms. The van der Waals surface area contributed by atoms with Crippen molar-refractivity contribution in [2.75, 3.05) is 7.11 Å². The Kier molecular flexibility index (Phi) is 1.56. The van der Waals surface area contributed by atoms with E-state index >= 15 is 0 Å². The summed E-state index contributed by atoms with van der Waals surface area (Å²) in [4.78, 5) is 0. The Bertz CT molecular complexity index is 92.6. The lowest BCUT2D eigenvalue weighted by molar-refractivity contribution is 0.194. The van der Waals surface area contributed by atoms with Crippen LogP contribution in [-0.4, -0.2) is 7.11 Å². The first-order chi connectivity index (χ1) is 3.84. The summed E-state index contributed by atoms with van der Waals surface area (Å²) >= 11 is 0. The van der Waals surface area contributed by atoms with Gasteiger partial charge in [0.15, 0.2) is 0 Å². The average Bonchev–Trinajstić information content (AvgIpc) is 1.62. The topological polar surface area (TPSA) is 9.23 Å². The second-order valence-corrected chi connectivity index (χ2v) is 2.30. The molecule has 0 radical (unpaired) electrons. The molecule has 1 heteroatoms. The van der Waals surface area contributed by atoms with E-state index in [-0.39, 0.29) is 0 Å². The molecule has 8 heavy (non-hydrogen) atoms. The van der Waals surface area contributed by atoms with E-state index in [1.54, 1.807) is 7.11 Å². The van der Waals surface area contributed by atoms with Crippen LogP contribution >= 0.6 is 0 Å². The summed E-state index contributed by atoms with van der Waals surface area (Å²) in [5.41, 5.74) is 0. The Labute approximate surface area is 50.3 Å². The molecule has 0 aromatic heterocycles. The smallest absolute Gasteiger partial charge is 0.0914 e. The molecular formula is C7H12O. The maximum atomic E-state index is 4.96. The van der Waals surface area contributed by atoms with Gasteiger partial charge in [-0.2, -0.15) is 0 Å². The highest BCUT2D eigenvalue weighted by atomic mass is 16.5. The Morgan fingerprint density at radius 1 is 1.62 bits per heavy atom. The lowest BCUT2D eigenvalue weighted by Crippen LogP contribution is -2.13. The van der Waals surface area contributed by atoms with Gasteiger partial charge in [-0.05, 0) is 12.8 Å². The van der Waals surface area contributed by atoms with Crippen molar-refractivity contribution in [3.8, 4) is 0 Å². The fourth-order valence-corrected chi connectivity index (χ4v) is 0.897. The third kappa shape index (κ3) is 0.857. The highest BCUT2D eigenvalue weighted by Crippen LogP contribution is 2.31. The Morgan fingerprint density at radius 3 is 2.38 bits per heavy atom. The summed E-state index contributed by atoms with van der Waals surface area (Å²) < 4.78 is 4.96. The summed E-state index contributed by atoms with van der Waals surface area (Å²) in [5, 5.41) is 0. The highest BCUT2D eigenvalue weighted by Gasteiger charge is 2.20. The first-order valence-corrected chi connectivity index (χ1v) is 3.07. The van der Waals surface area contributed by atoms with Gasteiger partial charge in [-0.15, -0.1) is 0 Å². The van der Waals surface area contributed by atoms with E-state index in [0.717, 1.165) is 5.76 Å². The maximum Gasteiger partial charge on any atom is 0.0914 e. The molecule has 0 saturated heterocycles. The standard InChI is InChI=1S/C7H12O/c1-6(8-2)7-4-3-5-7/h7H,1,3-5H2,2H3. The Hall–Kier alpha value is -0.460. The van der Waals surface area contributed by atoms with Gasteiger partial charge in [0.25, 0.3) is 0 Å². The molecule has 1 rings (SSSR count). The minimum absolute atomic E-state index is 0.681. The van der Waals surface area contributed by atoms with Crippen molar-refractivity contribution in [1.82, 2.24) is 0 Å². The van der Waals surface area contributed by atoms with Gasteiger partial charge in [0.05, 0.1) is 12.9 Å². The Morgan fingerprint density at radius 2 is 2.25 bits per heavy atom. The van der Waals surface area contributed by atoms with E-state index in [2.05, 4.69) is 6.58 Å². The second kappa shape index (κ2) is 2.21. The number of hydrogen-bond donors (Lipinski definition) is 0. The second-order valence-electron chi connectivity index (χ2n) is 2.30. The van der Waals surface area contributed by atoms with Gasteiger partial charge < -0.3 is 4.74 Å². The predicted octanol–water partition coefficient (Wildman–Crippen LogP) is 1.95. The molecule has 0 spiro atoms. The monoisotopic (exact) mass is 112 g/mol. The summed E-state index contributed by atoms with van der Waals surface area (Å²) in [6.07, 6.45) is 3.92. The van der Waals surface area contributed by atoms with Crippen LogP contribution in [0.1, 0.15) is 19.3 Å². The zero-order chi connectivity index (χ0) is 5.98. The maximum absolute atomic E-state index is 4.96. The molecule has 1 nitrogen and oxygen atoms in total. The van der Waals surface area contributed by atoms with Crippen molar-refractivity contribution >= 4 is 0 Å². The third-order valence-electron chi connectivity index (χ3n) is 1.82. The molecule has 0 aliphatic heterocycles. The van der Waals surface area contributed by atoms with Crippen molar-refractivity contribution in [1.29, 1.82) is 0 Å². The van der Waals surface area contributed by atoms with E-state index in [4.69, 9.17) is 4.74 Å². The van der Waals surface area contributed by atoms with Crippen LogP contribution in [0.2, 0.25) is 0 Å². The van der Waals surface area contributed by atoms with Gasteiger partial charge in [0.1, 0.15) is 0 Å². The predicted molar refractivity (Wildman–Crippen MR) is 33.5 cm³/mol. The average molecular weight is 112 g/mol. The minimum Gasteiger partial charge on any atom is -0.501 e. The van der Waals surface area contributed by atoms with E-state index < -0.39 is 0 Å². The molecule has 0 heterocycles. The van der Waals surface area contributed by atoms with Crippen LogP contribution in [-0.2, 0) is 4.74 Å². The van der Waals surface area contributed by atoms with Gasteiger partial charge >= 0.3 is 0 Å². The summed E-state index contributed by atoms with van der Waals surface area (Å²) in [5.74, 6) is 1.65. The van der Waals surface area contributed by atoms with E-state index in [9.17, 15) is 0 Å². The summed E-state index contributed by atoms with van der Waals surface area (Å²) in [6.45, 7) is 3.77. The van der Waals surface area contributed by atoms with Crippen LogP contribution in [0.5, 0.6) is 0 Å². The molecule has 1 fully saturated rings. The van der Waals surface area contributed by atoms with Crippen molar-refractivity contribution in [3.05, 3.63) is 12.3 Å². The first-order valence-electron chi connectivity index (χ1n) is 3.07. The molecule has 0 atom stereocenters. The SMILES string of the molecule is C=C(OC)C1CCC1. The zero-order valence-electron chi connectivity index (χ0n) is 5.31. The number of ether oxygens (including phenoxy) is 1. The lowest BCUT2D eigenvalue weighted by atomic mass is 9.84. The number of methoxy groups -OCH3 is 1. The fraction of sp³-hybridized carbons (Fsp3) is 0.714. The Balaban J connectivity index is 2.24. The molecule has 0 aromatic rings. The van der Waals surface area contributed by atoms with Crippen LogP contribution in [0.15, 0.2) is 12.3 Å². The van der Waals surface area contributed by atoms with Crippen molar-refractivity contribution < 1.29 is 4.74 Å². The van der Waals surface area contributed by atoms with Crippen molar-refractivity contribution in [2.45, 2.75) is 19.3 Å². The van der Waals surface area contributed by atoms with Crippen LogP contribution < -0.4 is 0 Å². The lowest BCUT2D eigenvalue weighted by Gasteiger charge is -2.25. The molecule has 1 saturated carbocycles. The molecule has 0 N–H and O–H groups in total. The van der Waals surface area contributed by atoms with Crippen LogP contribution in [0, 0.1) is 5.92 Å². The molecular weight excluding hydrogens is 100 g/mol. The van der Waals surface area contributed by atoms with Gasteiger partial charge in [0.2, 0.25) is 0 Å². The van der Waals surface area contributed by atoms with E-state index in [1.807, 2.05) is 0 Å². The molecule has 1 aliphatic rings. The van der Waals surface area contributed by atoms with Crippen LogP contribution in [0.3, 0.4) is 0 Å². The summed E-state index contributed by atoms with van der Waals surface area (Å²) in [7, 11) is 1.70. The molecule has 0 amide bonds. The highest BCUT2D eigenvalue weighted by molar-refractivity contribution is 4.95. The van der Waals surface area contributed by atoms with Crippen molar-refractivity contribution in [2.24, 2.45) is 5.92 Å². The molecule has 46 valence electrons. The van der Waals surface area contributed by atoms with E-state index in [0.29, 0.717) is 5.92 Å². The van der Waals surface area contributed by atoms with Gasteiger partial charge in [-0.1, -0.05) is 13.0 Å². The summed E-state index contributed by atoms with van der Waals surface area (Å²) in [6, 6.07) is 0. The van der Waals surface area contributed by atoms with Crippen LogP contribution in [0.25, 0.3) is 0 Å². The molecule has 0 unspecified atom stereocenters.